The second kappa shape index (κ2) is 5.75. The van der Waals surface area contributed by atoms with Gasteiger partial charge in [-0.05, 0) is 36.8 Å². The first-order valence-corrected chi connectivity index (χ1v) is 8.02. The van der Waals surface area contributed by atoms with Crippen LogP contribution in [-0.4, -0.2) is 51.6 Å². The molecule has 1 fully saturated rings. The van der Waals surface area contributed by atoms with E-state index in [0.717, 1.165) is 22.5 Å². The third kappa shape index (κ3) is 2.65. The number of carbonyl (C=O) groups excluding carboxylic acids is 1. The Morgan fingerprint density at radius 1 is 1.61 bits per heavy atom. The number of hydrogen-bond acceptors (Lipinski definition) is 4. The van der Waals surface area contributed by atoms with Gasteiger partial charge >= 0.3 is 0 Å². The second-order valence-electron chi connectivity index (χ2n) is 4.82. The molecule has 18 heavy (non-hydrogen) atoms. The largest absolute Gasteiger partial charge is 0.295 e. The Balaban J connectivity index is 2.30. The Hall–Kier alpha value is -0.330. The van der Waals surface area contributed by atoms with E-state index in [2.05, 4.69) is 25.9 Å². The van der Waals surface area contributed by atoms with Crippen LogP contribution in [-0.2, 0) is 0 Å². The SMILES string of the molecule is CC(C)n1ncc(Br)c1C(=O)C1CSCCN1C. The minimum absolute atomic E-state index is 0.0331. The van der Waals surface area contributed by atoms with E-state index >= 15 is 0 Å². The summed E-state index contributed by atoms with van der Waals surface area (Å²) < 4.78 is 2.60. The summed E-state index contributed by atoms with van der Waals surface area (Å²) in [6, 6.07) is 0.158. The van der Waals surface area contributed by atoms with Gasteiger partial charge in [0.15, 0.2) is 5.78 Å². The van der Waals surface area contributed by atoms with Gasteiger partial charge in [0.1, 0.15) is 5.69 Å². The maximum absolute atomic E-state index is 12.7. The van der Waals surface area contributed by atoms with Crippen molar-refractivity contribution in [2.24, 2.45) is 0 Å². The number of carbonyl (C=O) groups is 1. The zero-order chi connectivity index (χ0) is 13.3. The smallest absolute Gasteiger partial charge is 0.199 e. The van der Waals surface area contributed by atoms with E-state index in [-0.39, 0.29) is 17.9 Å². The van der Waals surface area contributed by atoms with Crippen LogP contribution in [0.1, 0.15) is 30.4 Å². The summed E-state index contributed by atoms with van der Waals surface area (Å²) in [7, 11) is 2.02. The Morgan fingerprint density at radius 3 is 2.94 bits per heavy atom. The maximum atomic E-state index is 12.7. The van der Waals surface area contributed by atoms with Crippen molar-refractivity contribution in [2.75, 3.05) is 25.1 Å². The lowest BCUT2D eigenvalue weighted by Gasteiger charge is -2.31. The number of aromatic nitrogens is 2. The molecule has 0 N–H and O–H groups in total. The lowest BCUT2D eigenvalue weighted by molar-refractivity contribution is 0.0860. The number of Topliss-reactive ketones (excluding diaryl/α,β-unsaturated/α-hetero) is 1. The molecule has 0 spiro atoms. The Kier molecular flexibility index (Phi) is 4.50. The lowest BCUT2D eigenvalue weighted by Crippen LogP contribution is -2.45. The Labute approximate surface area is 120 Å². The normalized spacial score (nSPS) is 21.5. The fraction of sp³-hybridized carbons (Fsp3) is 0.667. The molecule has 0 saturated carbocycles. The molecule has 1 unspecified atom stereocenters. The summed E-state index contributed by atoms with van der Waals surface area (Å²) in [4.78, 5) is 14.8. The molecule has 0 bridgehead atoms. The molecule has 2 rings (SSSR count). The van der Waals surface area contributed by atoms with Crippen molar-refractivity contribution < 1.29 is 4.79 Å². The first kappa shape index (κ1) is 14.1. The molecule has 0 amide bonds. The average molecular weight is 332 g/mol. The van der Waals surface area contributed by atoms with Crippen LogP contribution in [0.25, 0.3) is 0 Å². The Bertz CT molecular complexity index is 447. The monoisotopic (exact) mass is 331 g/mol. The van der Waals surface area contributed by atoms with Crippen LogP contribution >= 0.6 is 27.7 Å². The summed E-state index contributed by atoms with van der Waals surface area (Å²) in [5.74, 6) is 2.14. The van der Waals surface area contributed by atoms with Gasteiger partial charge in [0.25, 0.3) is 0 Å². The molecule has 1 atom stereocenters. The van der Waals surface area contributed by atoms with E-state index in [1.54, 1.807) is 10.9 Å². The van der Waals surface area contributed by atoms with Crippen LogP contribution in [0, 0.1) is 0 Å². The minimum Gasteiger partial charge on any atom is -0.295 e. The van der Waals surface area contributed by atoms with E-state index in [1.807, 2.05) is 32.7 Å². The van der Waals surface area contributed by atoms with Gasteiger partial charge in [-0.3, -0.25) is 14.4 Å². The van der Waals surface area contributed by atoms with Crippen LogP contribution in [0.4, 0.5) is 0 Å². The quantitative estimate of drug-likeness (QED) is 0.797. The zero-order valence-corrected chi connectivity index (χ0v) is 13.3. The number of halogens is 1. The molecule has 4 nitrogen and oxygen atoms in total. The lowest BCUT2D eigenvalue weighted by atomic mass is 10.1. The standard InChI is InChI=1S/C12H18BrN3OS/c1-8(2)16-11(9(13)6-14-16)12(17)10-7-18-5-4-15(10)3/h6,8,10H,4-5,7H2,1-3H3. The number of nitrogens with zero attached hydrogens (tertiary/aromatic N) is 3. The summed E-state index contributed by atoms with van der Waals surface area (Å²) in [5, 5.41) is 4.28. The fourth-order valence-electron chi connectivity index (χ4n) is 2.08. The van der Waals surface area contributed by atoms with Crippen molar-refractivity contribution in [3.8, 4) is 0 Å². The molecule has 1 aliphatic rings. The van der Waals surface area contributed by atoms with E-state index in [9.17, 15) is 4.79 Å². The highest BCUT2D eigenvalue weighted by Gasteiger charge is 2.31. The van der Waals surface area contributed by atoms with Gasteiger partial charge in [-0.15, -0.1) is 0 Å². The van der Waals surface area contributed by atoms with Crippen LogP contribution < -0.4 is 0 Å². The highest BCUT2D eigenvalue weighted by Crippen LogP contribution is 2.25. The molecule has 1 aromatic heterocycles. The van der Waals surface area contributed by atoms with E-state index in [4.69, 9.17) is 0 Å². The summed E-state index contributed by atoms with van der Waals surface area (Å²) in [6.07, 6.45) is 1.71. The minimum atomic E-state index is -0.0331. The molecule has 0 aliphatic carbocycles. The van der Waals surface area contributed by atoms with E-state index < -0.39 is 0 Å². The number of thioether (sulfide) groups is 1. The molecular weight excluding hydrogens is 314 g/mol. The molecule has 2 heterocycles. The predicted molar refractivity (Wildman–Crippen MR) is 78.4 cm³/mol. The van der Waals surface area contributed by atoms with Gasteiger partial charge in [0.2, 0.25) is 0 Å². The Morgan fingerprint density at radius 2 is 2.33 bits per heavy atom. The van der Waals surface area contributed by atoms with Crippen LogP contribution in [0.3, 0.4) is 0 Å². The van der Waals surface area contributed by atoms with Gasteiger partial charge in [-0.2, -0.15) is 16.9 Å². The van der Waals surface area contributed by atoms with Gasteiger partial charge in [0.05, 0.1) is 16.7 Å². The maximum Gasteiger partial charge on any atom is 0.199 e. The molecule has 1 saturated heterocycles. The summed E-state index contributed by atoms with van der Waals surface area (Å²) >= 11 is 5.29. The van der Waals surface area contributed by atoms with Crippen molar-refractivity contribution in [3.63, 3.8) is 0 Å². The van der Waals surface area contributed by atoms with Crippen LogP contribution in [0.15, 0.2) is 10.7 Å². The van der Waals surface area contributed by atoms with Crippen molar-refractivity contribution >= 4 is 33.5 Å². The summed E-state index contributed by atoms with van der Waals surface area (Å²) in [6.45, 7) is 5.04. The third-order valence-corrected chi connectivity index (χ3v) is 4.78. The number of hydrogen-bond donors (Lipinski definition) is 0. The topological polar surface area (TPSA) is 38.1 Å². The van der Waals surface area contributed by atoms with E-state index in [1.165, 1.54) is 0 Å². The summed E-state index contributed by atoms with van der Waals surface area (Å²) in [5.41, 5.74) is 0.698. The molecule has 6 heteroatoms. The first-order chi connectivity index (χ1) is 8.52. The average Bonchev–Trinajstić information content (AvgIpc) is 2.71. The van der Waals surface area contributed by atoms with Crippen molar-refractivity contribution in [1.29, 1.82) is 0 Å². The highest BCUT2D eigenvalue weighted by molar-refractivity contribution is 9.10. The van der Waals surface area contributed by atoms with Crippen molar-refractivity contribution in [1.82, 2.24) is 14.7 Å². The van der Waals surface area contributed by atoms with Crippen LogP contribution in [0.5, 0.6) is 0 Å². The molecule has 100 valence electrons. The van der Waals surface area contributed by atoms with Crippen molar-refractivity contribution in [3.05, 3.63) is 16.4 Å². The second-order valence-corrected chi connectivity index (χ2v) is 6.82. The fourth-order valence-corrected chi connectivity index (χ4v) is 3.77. The predicted octanol–water partition coefficient (Wildman–Crippen LogP) is 2.46. The highest BCUT2D eigenvalue weighted by atomic mass is 79.9. The molecule has 1 aromatic rings. The molecule has 0 radical (unpaired) electrons. The number of likely N-dealkylation sites (N-methyl/N-ethyl adjacent to an activating group) is 1. The first-order valence-electron chi connectivity index (χ1n) is 6.07. The number of rotatable bonds is 3. The van der Waals surface area contributed by atoms with Gasteiger partial charge in [0, 0.05) is 24.1 Å². The van der Waals surface area contributed by atoms with Gasteiger partial charge < -0.3 is 0 Å². The van der Waals surface area contributed by atoms with Gasteiger partial charge in [-0.25, -0.2) is 0 Å². The molecule has 0 aromatic carbocycles. The van der Waals surface area contributed by atoms with Crippen LogP contribution in [0.2, 0.25) is 0 Å². The molecule has 1 aliphatic heterocycles. The van der Waals surface area contributed by atoms with E-state index in [0.29, 0.717) is 5.69 Å². The van der Waals surface area contributed by atoms with Crippen molar-refractivity contribution in [2.45, 2.75) is 25.9 Å². The molecular formula is C12H18BrN3OS. The third-order valence-electron chi connectivity index (χ3n) is 3.17. The van der Waals surface area contributed by atoms with Gasteiger partial charge in [-0.1, -0.05) is 0 Å². The number of ketones is 1. The zero-order valence-electron chi connectivity index (χ0n) is 10.9.